The van der Waals surface area contributed by atoms with E-state index in [9.17, 15) is 9.59 Å². The minimum absolute atomic E-state index is 0.233. The number of carbonyl (C=O) groups is 2. The summed E-state index contributed by atoms with van der Waals surface area (Å²) in [6, 6.07) is 16.2. The van der Waals surface area contributed by atoms with Crippen LogP contribution in [0, 0.1) is 0 Å². The number of carbonyl (C=O) groups excluding carboxylic acids is 2. The first-order valence-electron chi connectivity index (χ1n) is 9.30. The van der Waals surface area contributed by atoms with Gasteiger partial charge in [-0.2, -0.15) is 0 Å². The molecule has 0 aliphatic heterocycles. The van der Waals surface area contributed by atoms with Crippen molar-refractivity contribution in [2.24, 2.45) is 0 Å². The number of benzene rings is 2. The molecule has 1 saturated carbocycles. The van der Waals surface area contributed by atoms with Gasteiger partial charge in [0.15, 0.2) is 5.69 Å². The van der Waals surface area contributed by atoms with E-state index in [1.807, 2.05) is 30.3 Å². The molecule has 1 fully saturated rings. The molecule has 2 aromatic carbocycles. The molecular formula is C22H20N2O4. The number of amides is 1. The normalized spacial score (nSPS) is 13.2. The lowest BCUT2D eigenvalue weighted by Crippen LogP contribution is -2.15. The third kappa shape index (κ3) is 3.81. The maximum absolute atomic E-state index is 12.9. The second-order valence-electron chi connectivity index (χ2n) is 6.63. The van der Waals surface area contributed by atoms with Gasteiger partial charge in [-0.15, -0.1) is 0 Å². The highest BCUT2D eigenvalue weighted by Crippen LogP contribution is 2.43. The third-order valence-electron chi connectivity index (χ3n) is 4.47. The second-order valence-corrected chi connectivity index (χ2v) is 6.63. The molecule has 0 spiro atoms. The van der Waals surface area contributed by atoms with E-state index in [0.717, 1.165) is 18.4 Å². The quantitative estimate of drug-likeness (QED) is 0.634. The summed E-state index contributed by atoms with van der Waals surface area (Å²) in [5.74, 6) is 0.515. The summed E-state index contributed by atoms with van der Waals surface area (Å²) in [4.78, 5) is 29.2. The van der Waals surface area contributed by atoms with Gasteiger partial charge in [-0.05, 0) is 50.1 Å². The number of ether oxygens (including phenoxy) is 1. The third-order valence-corrected chi connectivity index (χ3v) is 4.47. The molecule has 0 atom stereocenters. The zero-order valence-corrected chi connectivity index (χ0v) is 15.5. The summed E-state index contributed by atoms with van der Waals surface area (Å²) in [5.41, 5.74) is 2.00. The van der Waals surface area contributed by atoms with Crippen LogP contribution < -0.4 is 5.32 Å². The molecule has 142 valence electrons. The number of esters is 1. The molecule has 1 N–H and O–H groups in total. The zero-order valence-electron chi connectivity index (χ0n) is 15.5. The molecule has 1 amide bonds. The summed E-state index contributed by atoms with van der Waals surface area (Å²) in [6.45, 7) is 2.04. The highest BCUT2D eigenvalue weighted by molar-refractivity contribution is 6.04. The summed E-state index contributed by atoms with van der Waals surface area (Å²) in [6.07, 6.45) is 1.98. The van der Waals surface area contributed by atoms with Gasteiger partial charge in [-0.3, -0.25) is 4.79 Å². The maximum Gasteiger partial charge on any atom is 0.338 e. The fourth-order valence-electron chi connectivity index (χ4n) is 2.95. The van der Waals surface area contributed by atoms with Crippen LogP contribution in [0.1, 0.15) is 52.3 Å². The van der Waals surface area contributed by atoms with Crippen LogP contribution in [-0.2, 0) is 4.74 Å². The molecule has 4 rings (SSSR count). The lowest BCUT2D eigenvalue weighted by atomic mass is 10.2. The maximum atomic E-state index is 12.9. The Morgan fingerprint density at radius 2 is 1.93 bits per heavy atom. The van der Waals surface area contributed by atoms with Crippen molar-refractivity contribution in [1.82, 2.24) is 4.98 Å². The number of nitrogens with zero attached hydrogens (tertiary/aromatic N) is 1. The van der Waals surface area contributed by atoms with Crippen LogP contribution in [-0.4, -0.2) is 23.5 Å². The Bertz CT molecular complexity index is 1010. The molecule has 0 radical (unpaired) electrons. The minimum atomic E-state index is -0.426. The number of hydrogen-bond donors (Lipinski definition) is 1. The SMILES string of the molecule is CCOC(=O)c1cccc(NC(=O)c2nc(-c3ccccc3)oc2C2CC2)c1. The summed E-state index contributed by atoms with van der Waals surface area (Å²) >= 11 is 0. The van der Waals surface area contributed by atoms with Crippen LogP contribution in [0.2, 0.25) is 0 Å². The predicted octanol–water partition coefficient (Wildman–Crippen LogP) is 4.65. The number of aromatic nitrogens is 1. The Hall–Kier alpha value is -3.41. The van der Waals surface area contributed by atoms with E-state index in [1.54, 1.807) is 31.2 Å². The topological polar surface area (TPSA) is 81.4 Å². The van der Waals surface area contributed by atoms with Crippen molar-refractivity contribution in [3.8, 4) is 11.5 Å². The first-order valence-corrected chi connectivity index (χ1v) is 9.30. The standard InChI is InChI=1S/C22H20N2O4/c1-2-27-22(26)16-9-6-10-17(13-16)23-20(25)18-19(14-11-12-14)28-21(24-18)15-7-4-3-5-8-15/h3-10,13-14H,2,11-12H2,1H3,(H,23,25). The molecule has 6 heteroatoms. The highest BCUT2D eigenvalue weighted by atomic mass is 16.5. The lowest BCUT2D eigenvalue weighted by Gasteiger charge is -2.06. The van der Waals surface area contributed by atoms with Crippen molar-refractivity contribution in [2.75, 3.05) is 11.9 Å². The fraction of sp³-hybridized carbons (Fsp3) is 0.227. The monoisotopic (exact) mass is 376 g/mol. The zero-order chi connectivity index (χ0) is 19.5. The van der Waals surface area contributed by atoms with Gasteiger partial charge in [0.25, 0.3) is 5.91 Å². The molecular weight excluding hydrogens is 356 g/mol. The summed E-state index contributed by atoms with van der Waals surface area (Å²) in [7, 11) is 0. The number of rotatable bonds is 6. The van der Waals surface area contributed by atoms with Crippen molar-refractivity contribution >= 4 is 17.6 Å². The van der Waals surface area contributed by atoms with Gasteiger partial charge in [-0.1, -0.05) is 24.3 Å². The molecule has 1 aliphatic carbocycles. The van der Waals surface area contributed by atoms with E-state index in [4.69, 9.17) is 9.15 Å². The average molecular weight is 376 g/mol. The van der Waals surface area contributed by atoms with Crippen molar-refractivity contribution in [3.05, 3.63) is 71.6 Å². The summed E-state index contributed by atoms with van der Waals surface area (Å²) in [5, 5.41) is 2.81. The smallest absolute Gasteiger partial charge is 0.338 e. The highest BCUT2D eigenvalue weighted by Gasteiger charge is 2.34. The number of anilines is 1. The molecule has 3 aromatic rings. The van der Waals surface area contributed by atoms with E-state index >= 15 is 0 Å². The van der Waals surface area contributed by atoms with Crippen molar-refractivity contribution in [3.63, 3.8) is 0 Å². The second kappa shape index (κ2) is 7.68. The molecule has 6 nitrogen and oxygen atoms in total. The van der Waals surface area contributed by atoms with Gasteiger partial charge in [0.1, 0.15) is 5.76 Å². The van der Waals surface area contributed by atoms with Crippen LogP contribution in [0.4, 0.5) is 5.69 Å². The Morgan fingerprint density at radius 1 is 1.14 bits per heavy atom. The first-order chi connectivity index (χ1) is 13.7. The van der Waals surface area contributed by atoms with E-state index in [0.29, 0.717) is 35.2 Å². The Kier molecular flexibility index (Phi) is 4.93. The molecule has 0 unspecified atom stereocenters. The summed E-state index contributed by atoms with van der Waals surface area (Å²) < 4.78 is 10.9. The molecule has 0 saturated heterocycles. The molecule has 1 aliphatic rings. The first kappa shape index (κ1) is 18.0. The number of hydrogen-bond acceptors (Lipinski definition) is 5. The van der Waals surface area contributed by atoms with Gasteiger partial charge in [0, 0.05) is 17.2 Å². The van der Waals surface area contributed by atoms with Gasteiger partial charge < -0.3 is 14.5 Å². The van der Waals surface area contributed by atoms with E-state index in [2.05, 4.69) is 10.3 Å². The molecule has 1 aromatic heterocycles. The molecule has 28 heavy (non-hydrogen) atoms. The average Bonchev–Trinajstić information content (AvgIpc) is 3.47. The van der Waals surface area contributed by atoms with Crippen LogP contribution >= 0.6 is 0 Å². The Balaban J connectivity index is 1.59. The van der Waals surface area contributed by atoms with Gasteiger partial charge >= 0.3 is 5.97 Å². The molecule has 0 bridgehead atoms. The van der Waals surface area contributed by atoms with Crippen LogP contribution in [0.5, 0.6) is 0 Å². The fourth-order valence-corrected chi connectivity index (χ4v) is 2.95. The minimum Gasteiger partial charge on any atom is -0.462 e. The van der Waals surface area contributed by atoms with Gasteiger partial charge in [-0.25, -0.2) is 9.78 Å². The largest absolute Gasteiger partial charge is 0.462 e. The molecule has 1 heterocycles. The lowest BCUT2D eigenvalue weighted by molar-refractivity contribution is 0.0526. The Morgan fingerprint density at radius 3 is 2.64 bits per heavy atom. The van der Waals surface area contributed by atoms with Crippen molar-refractivity contribution in [2.45, 2.75) is 25.7 Å². The Labute approximate surface area is 162 Å². The van der Waals surface area contributed by atoms with E-state index in [1.165, 1.54) is 0 Å². The van der Waals surface area contributed by atoms with E-state index < -0.39 is 5.97 Å². The van der Waals surface area contributed by atoms with Gasteiger partial charge in [0.05, 0.1) is 12.2 Å². The predicted molar refractivity (Wildman–Crippen MR) is 104 cm³/mol. The van der Waals surface area contributed by atoms with Crippen LogP contribution in [0.25, 0.3) is 11.5 Å². The van der Waals surface area contributed by atoms with Crippen molar-refractivity contribution in [1.29, 1.82) is 0 Å². The number of nitrogens with one attached hydrogen (secondary N) is 1. The number of oxazole rings is 1. The van der Waals surface area contributed by atoms with Crippen molar-refractivity contribution < 1.29 is 18.7 Å². The van der Waals surface area contributed by atoms with Crippen LogP contribution in [0.15, 0.2) is 59.0 Å². The van der Waals surface area contributed by atoms with E-state index in [-0.39, 0.29) is 11.8 Å². The van der Waals surface area contributed by atoms with Gasteiger partial charge in [0.2, 0.25) is 5.89 Å². The van der Waals surface area contributed by atoms with Crippen LogP contribution in [0.3, 0.4) is 0 Å².